The number of esters is 1. The zero-order chi connectivity index (χ0) is 28.8. The molecule has 3 aromatic carbocycles. The largest absolute Gasteiger partial charge is 0.461 e. The van der Waals surface area contributed by atoms with Crippen molar-refractivity contribution < 1.29 is 19.1 Å². The summed E-state index contributed by atoms with van der Waals surface area (Å²) in [7, 11) is 9.27. The van der Waals surface area contributed by atoms with Crippen LogP contribution in [0.15, 0.2) is 72.8 Å². The summed E-state index contributed by atoms with van der Waals surface area (Å²) >= 11 is 0. The predicted molar refractivity (Wildman–Crippen MR) is 159 cm³/mol. The number of nitrogens with zero attached hydrogens (tertiary/aromatic N) is 3. The van der Waals surface area contributed by atoms with Crippen LogP contribution in [-0.4, -0.2) is 82.5 Å². The monoisotopic (exact) mass is 541 g/mol. The van der Waals surface area contributed by atoms with Crippen LogP contribution in [0.1, 0.15) is 21.5 Å². The van der Waals surface area contributed by atoms with Crippen molar-refractivity contribution in [2.45, 2.75) is 0 Å². The van der Waals surface area contributed by atoms with E-state index < -0.39 is 5.97 Å². The molecular weight excluding hydrogens is 506 g/mol. The van der Waals surface area contributed by atoms with Crippen LogP contribution in [-0.2, 0) is 14.3 Å². The van der Waals surface area contributed by atoms with Crippen LogP contribution in [0.4, 0.5) is 17.1 Å². The van der Waals surface area contributed by atoms with Gasteiger partial charge in [0.2, 0.25) is 5.91 Å². The first kappa shape index (κ1) is 28.5. The molecule has 0 radical (unpaired) electrons. The molecule has 208 valence electrons. The molecule has 3 aromatic rings. The lowest BCUT2D eigenvalue weighted by Crippen LogP contribution is -2.34. The van der Waals surface area contributed by atoms with Crippen molar-refractivity contribution in [1.82, 2.24) is 9.80 Å². The van der Waals surface area contributed by atoms with Crippen LogP contribution in [0.5, 0.6) is 0 Å². The molecule has 0 saturated carbocycles. The lowest BCUT2D eigenvalue weighted by atomic mass is 9.99. The number of likely N-dealkylation sites (N-methyl/N-ethyl adjacent to an activating group) is 3. The van der Waals surface area contributed by atoms with Crippen molar-refractivity contribution in [3.63, 3.8) is 0 Å². The molecule has 1 aliphatic rings. The minimum atomic E-state index is -0.438. The van der Waals surface area contributed by atoms with E-state index in [1.807, 2.05) is 92.6 Å². The molecule has 0 bridgehead atoms. The highest BCUT2D eigenvalue weighted by molar-refractivity contribution is 6.37. The fourth-order valence-electron chi connectivity index (χ4n) is 4.27. The second-order valence-corrected chi connectivity index (χ2v) is 10.1. The quantitative estimate of drug-likeness (QED) is 0.297. The molecule has 0 spiro atoms. The Morgan fingerprint density at radius 3 is 2.20 bits per heavy atom. The van der Waals surface area contributed by atoms with Gasteiger partial charge in [0, 0.05) is 30.5 Å². The van der Waals surface area contributed by atoms with Gasteiger partial charge in [-0.3, -0.25) is 9.59 Å². The van der Waals surface area contributed by atoms with Gasteiger partial charge in [0.25, 0.3) is 5.91 Å². The summed E-state index contributed by atoms with van der Waals surface area (Å²) in [6.45, 7) is 1.21. The van der Waals surface area contributed by atoms with E-state index in [1.165, 1.54) is 0 Å². The van der Waals surface area contributed by atoms with Crippen molar-refractivity contribution >= 4 is 46.1 Å². The van der Waals surface area contributed by atoms with E-state index >= 15 is 0 Å². The summed E-state index contributed by atoms with van der Waals surface area (Å²) in [5.74, 6) is -0.727. The molecule has 2 amide bonds. The van der Waals surface area contributed by atoms with Crippen molar-refractivity contribution in [1.29, 1.82) is 0 Å². The first-order valence-electron chi connectivity index (χ1n) is 13.0. The molecule has 0 atom stereocenters. The van der Waals surface area contributed by atoms with E-state index in [0.29, 0.717) is 41.2 Å². The highest BCUT2D eigenvalue weighted by atomic mass is 16.5. The molecule has 0 aliphatic carbocycles. The normalized spacial score (nSPS) is 13.6. The van der Waals surface area contributed by atoms with Crippen molar-refractivity contribution in [3.8, 4) is 0 Å². The third-order valence-electron chi connectivity index (χ3n) is 6.43. The summed E-state index contributed by atoms with van der Waals surface area (Å²) in [6, 6.07) is 22.2. The molecule has 9 nitrogen and oxygen atoms in total. The number of nitrogens with one attached hydrogen (secondary N) is 2. The molecule has 0 fully saturated rings. The molecule has 0 saturated heterocycles. The first-order chi connectivity index (χ1) is 19.1. The predicted octanol–water partition coefficient (Wildman–Crippen LogP) is 3.86. The number of ether oxygens (including phenoxy) is 1. The Morgan fingerprint density at radius 1 is 0.850 bits per heavy atom. The fourth-order valence-corrected chi connectivity index (χ4v) is 4.27. The second kappa shape index (κ2) is 12.6. The number of carbonyl (C=O) groups is 3. The van der Waals surface area contributed by atoms with Gasteiger partial charge in [-0.05, 0) is 70.2 Å². The van der Waals surface area contributed by atoms with Gasteiger partial charge >= 0.3 is 5.97 Å². The minimum Gasteiger partial charge on any atom is -0.461 e. The lowest BCUT2D eigenvalue weighted by molar-refractivity contribution is -0.119. The second-order valence-electron chi connectivity index (χ2n) is 10.1. The maximum absolute atomic E-state index is 13.3. The molecule has 0 unspecified atom stereocenters. The van der Waals surface area contributed by atoms with Crippen LogP contribution in [0, 0.1) is 0 Å². The van der Waals surface area contributed by atoms with Gasteiger partial charge in [-0.15, -0.1) is 0 Å². The van der Waals surface area contributed by atoms with E-state index in [-0.39, 0.29) is 18.4 Å². The zero-order valence-corrected chi connectivity index (χ0v) is 23.5. The summed E-state index contributed by atoms with van der Waals surface area (Å²) in [6.07, 6.45) is 0. The Kier molecular flexibility index (Phi) is 8.98. The summed E-state index contributed by atoms with van der Waals surface area (Å²) < 4.78 is 5.36. The van der Waals surface area contributed by atoms with Crippen LogP contribution in [0.25, 0.3) is 11.3 Å². The van der Waals surface area contributed by atoms with Gasteiger partial charge in [-0.1, -0.05) is 36.4 Å². The minimum absolute atomic E-state index is 0.0158. The molecule has 0 aromatic heterocycles. The van der Waals surface area contributed by atoms with Gasteiger partial charge in [0.15, 0.2) is 0 Å². The third kappa shape index (κ3) is 6.74. The van der Waals surface area contributed by atoms with Crippen LogP contribution in [0.2, 0.25) is 0 Å². The Hall–Kier alpha value is -4.47. The molecule has 1 heterocycles. The maximum Gasteiger partial charge on any atom is 0.338 e. The van der Waals surface area contributed by atoms with E-state index in [4.69, 9.17) is 4.74 Å². The molecular formula is C31H35N5O4. The average molecular weight is 542 g/mol. The number of amides is 2. The number of fused-ring (bicyclic) bond motifs is 1. The summed E-state index contributed by atoms with van der Waals surface area (Å²) in [5.41, 5.74) is 5.05. The van der Waals surface area contributed by atoms with Crippen molar-refractivity contribution in [2.24, 2.45) is 0 Å². The topological polar surface area (TPSA) is 94.2 Å². The van der Waals surface area contributed by atoms with Gasteiger partial charge in [0.05, 0.1) is 29.1 Å². The summed E-state index contributed by atoms with van der Waals surface area (Å²) in [5, 5.41) is 6.33. The number of benzene rings is 3. The fraction of sp³-hybridized carbons (Fsp3) is 0.258. The van der Waals surface area contributed by atoms with Crippen molar-refractivity contribution in [2.75, 3.05) is 70.5 Å². The van der Waals surface area contributed by atoms with Crippen molar-refractivity contribution in [3.05, 3.63) is 89.5 Å². The highest BCUT2D eigenvalue weighted by Gasteiger charge is 2.29. The third-order valence-corrected chi connectivity index (χ3v) is 6.43. The number of hydrogen-bond donors (Lipinski definition) is 2. The average Bonchev–Trinajstić information content (AvgIpc) is 3.26. The number of rotatable bonds is 10. The van der Waals surface area contributed by atoms with E-state index in [1.54, 1.807) is 30.1 Å². The maximum atomic E-state index is 13.3. The molecule has 1 aliphatic heterocycles. The molecule has 9 heteroatoms. The van der Waals surface area contributed by atoms with Gasteiger partial charge in [-0.25, -0.2) is 4.79 Å². The number of carbonyl (C=O) groups excluding carboxylic acids is 3. The molecule has 4 rings (SSSR count). The zero-order valence-electron chi connectivity index (χ0n) is 23.5. The Morgan fingerprint density at radius 2 is 1.55 bits per heavy atom. The van der Waals surface area contributed by atoms with E-state index in [0.717, 1.165) is 16.9 Å². The van der Waals surface area contributed by atoms with Crippen LogP contribution < -0.4 is 15.5 Å². The Labute approximate surface area is 235 Å². The van der Waals surface area contributed by atoms with E-state index in [2.05, 4.69) is 10.6 Å². The highest BCUT2D eigenvalue weighted by Crippen LogP contribution is 2.38. The number of hydrogen-bond acceptors (Lipinski definition) is 7. The Balaban J connectivity index is 1.64. The van der Waals surface area contributed by atoms with Gasteiger partial charge in [-0.2, -0.15) is 0 Å². The Bertz CT molecular complexity index is 1420. The molecule has 2 N–H and O–H groups in total. The summed E-state index contributed by atoms with van der Waals surface area (Å²) in [4.78, 5) is 43.7. The lowest BCUT2D eigenvalue weighted by Gasteiger charge is -2.20. The van der Waals surface area contributed by atoms with Crippen LogP contribution >= 0.6 is 0 Å². The number of anilines is 3. The van der Waals surface area contributed by atoms with Gasteiger partial charge < -0.3 is 30.1 Å². The smallest absolute Gasteiger partial charge is 0.338 e. The van der Waals surface area contributed by atoms with Gasteiger partial charge in [0.1, 0.15) is 6.61 Å². The first-order valence-corrected chi connectivity index (χ1v) is 13.0. The SMILES string of the molecule is CN(C)CCOC(=O)c1ccc2c(c1)NC(=O)C2=C(Nc1ccc(N(C)C(=O)CN(C)C)cc1)c1ccccc1. The van der Waals surface area contributed by atoms with Crippen LogP contribution in [0.3, 0.4) is 0 Å². The van der Waals surface area contributed by atoms with E-state index in [9.17, 15) is 14.4 Å². The molecule has 40 heavy (non-hydrogen) atoms. The standard InChI is InChI=1S/C31H35N5O4/c1-34(2)17-18-40-31(39)22-11-16-25-26(19-22)33-30(38)28(25)29(21-9-7-6-8-10-21)32-23-12-14-24(15-13-23)36(5)27(37)20-35(3)4/h6-16,19,32H,17-18,20H2,1-5H3,(H,33,38).